The number of ether oxygens (including phenoxy) is 2. The number of carbonyl (C=O) groups excluding carboxylic acids is 1. The van der Waals surface area contributed by atoms with Crippen LogP contribution in [0, 0.1) is 17.8 Å². The Labute approximate surface area is 319 Å². The second-order valence-corrected chi connectivity index (χ2v) is 15.4. The molecule has 1 aliphatic heterocycles. The molecule has 1 saturated carbocycles. The first-order chi connectivity index (χ1) is 25.9. The van der Waals surface area contributed by atoms with Gasteiger partial charge in [-0.3, -0.25) is 4.79 Å². The van der Waals surface area contributed by atoms with Crippen molar-refractivity contribution in [2.45, 2.75) is 154 Å². The third-order valence-corrected chi connectivity index (χ3v) is 11.6. The van der Waals surface area contributed by atoms with E-state index in [2.05, 4.69) is 26.5 Å². The molecule has 298 valence electrons. The minimum Gasteiger partial charge on any atom is -0.508 e. The highest BCUT2D eigenvalue weighted by molar-refractivity contribution is 6.03. The van der Waals surface area contributed by atoms with E-state index in [-0.39, 0.29) is 55.1 Å². The summed E-state index contributed by atoms with van der Waals surface area (Å²) in [6, 6.07) is 4.87. The van der Waals surface area contributed by atoms with E-state index in [0.29, 0.717) is 38.2 Å². The van der Waals surface area contributed by atoms with Gasteiger partial charge in [0.15, 0.2) is 0 Å². The Morgan fingerprint density at radius 2 is 1.66 bits per heavy atom. The summed E-state index contributed by atoms with van der Waals surface area (Å²) in [5, 5.41) is 35.2. The SMILES string of the molecule is C=CCOC12Oc3ccc(O)cc3C3C(CCCCO)C(CCCCO)C=C(C(=NOCC)CC1N(CCC)C(=O)CCCCCCCCCCC)C32. The molecule has 53 heavy (non-hydrogen) atoms. The number of amides is 1. The number of aliphatic hydroxyl groups is 2. The van der Waals surface area contributed by atoms with E-state index in [1.54, 1.807) is 12.1 Å². The normalized spacial score (nSPS) is 25.3. The van der Waals surface area contributed by atoms with Crippen LogP contribution in [0.3, 0.4) is 0 Å². The molecular formula is C44H70N2O7. The van der Waals surface area contributed by atoms with Crippen LogP contribution in [0.15, 0.2) is 47.7 Å². The van der Waals surface area contributed by atoms with Gasteiger partial charge in [-0.25, -0.2) is 0 Å². The lowest BCUT2D eigenvalue weighted by atomic mass is 9.55. The molecule has 1 fully saturated rings. The number of rotatable bonds is 26. The fourth-order valence-electron chi connectivity index (χ4n) is 9.23. The van der Waals surface area contributed by atoms with E-state index >= 15 is 0 Å². The summed E-state index contributed by atoms with van der Waals surface area (Å²) >= 11 is 0. The van der Waals surface area contributed by atoms with Crippen molar-refractivity contribution in [1.82, 2.24) is 4.90 Å². The Morgan fingerprint density at radius 1 is 0.962 bits per heavy atom. The van der Waals surface area contributed by atoms with Crippen LogP contribution in [-0.2, 0) is 14.4 Å². The highest BCUT2D eigenvalue weighted by atomic mass is 16.7. The lowest BCUT2D eigenvalue weighted by Crippen LogP contribution is -2.70. The summed E-state index contributed by atoms with van der Waals surface area (Å²) in [6.45, 7) is 11.8. The average molecular weight is 739 g/mol. The summed E-state index contributed by atoms with van der Waals surface area (Å²) in [6.07, 6.45) is 21.4. The van der Waals surface area contributed by atoms with Crippen LogP contribution in [0.1, 0.15) is 148 Å². The molecule has 4 rings (SSSR count). The molecule has 3 N–H and O–H groups in total. The molecule has 0 spiro atoms. The molecule has 0 radical (unpaired) electrons. The standard InChI is InChI=1S/C44H70N2O7/c1-5-9-10-11-12-13-14-15-16-23-41(50)46(26-6-2)40-32-38(45-52-8-4)36-30-33(21-17-19-27-47)35(22-18-20-28-48)42-37-31-34(49)24-25-39(37)53-44(40,43(36)42)51-29-7-3/h7,24-25,30-31,33,35,40,42-43,47-49H,3,5-6,8-23,26-29,32H2,1-2,4H3. The van der Waals surface area contributed by atoms with Gasteiger partial charge >= 0.3 is 0 Å². The maximum Gasteiger partial charge on any atom is 0.239 e. The van der Waals surface area contributed by atoms with Gasteiger partial charge in [0.05, 0.1) is 18.2 Å². The van der Waals surface area contributed by atoms with E-state index < -0.39 is 11.8 Å². The molecular weight excluding hydrogens is 668 g/mol. The second-order valence-electron chi connectivity index (χ2n) is 15.4. The van der Waals surface area contributed by atoms with E-state index in [1.165, 1.54) is 38.5 Å². The number of carbonyl (C=O) groups is 1. The summed E-state index contributed by atoms with van der Waals surface area (Å²) < 4.78 is 14.2. The predicted octanol–water partition coefficient (Wildman–Crippen LogP) is 9.21. The molecule has 0 aromatic heterocycles. The van der Waals surface area contributed by atoms with E-state index in [0.717, 1.165) is 74.6 Å². The third kappa shape index (κ3) is 10.9. The van der Waals surface area contributed by atoms with Crippen molar-refractivity contribution in [3.8, 4) is 11.5 Å². The first kappa shape index (κ1) is 42.9. The lowest BCUT2D eigenvalue weighted by Gasteiger charge is -2.60. The fraction of sp³-hybridized carbons (Fsp3) is 0.727. The number of nitrogens with zero attached hydrogens (tertiary/aromatic N) is 2. The number of phenolic OH excluding ortho intramolecular Hbond substituents is 1. The molecule has 0 bridgehead atoms. The van der Waals surface area contributed by atoms with Crippen LogP contribution < -0.4 is 4.74 Å². The molecule has 2 aliphatic carbocycles. The van der Waals surface area contributed by atoms with Crippen molar-refractivity contribution < 1.29 is 34.4 Å². The zero-order valence-electron chi connectivity index (χ0n) is 33.1. The van der Waals surface area contributed by atoms with Gasteiger partial charge in [0.1, 0.15) is 24.1 Å². The van der Waals surface area contributed by atoms with Gasteiger partial charge < -0.3 is 34.5 Å². The largest absolute Gasteiger partial charge is 0.508 e. The smallest absolute Gasteiger partial charge is 0.239 e. The van der Waals surface area contributed by atoms with Gasteiger partial charge in [-0.15, -0.1) is 6.58 Å². The molecule has 1 aromatic rings. The fourth-order valence-corrected chi connectivity index (χ4v) is 9.23. The topological polar surface area (TPSA) is 121 Å². The number of unbranched alkanes of at least 4 members (excludes halogenated alkanes) is 10. The number of aromatic hydroxyl groups is 1. The number of allylic oxidation sites excluding steroid dienone is 1. The molecule has 0 saturated heterocycles. The van der Waals surface area contributed by atoms with E-state index in [9.17, 15) is 20.1 Å². The van der Waals surface area contributed by atoms with Gasteiger partial charge in [-0.05, 0) is 81.1 Å². The van der Waals surface area contributed by atoms with Gasteiger partial charge in [0.2, 0.25) is 11.7 Å². The number of oxime groups is 1. The maximum atomic E-state index is 14.5. The molecule has 9 heteroatoms. The monoisotopic (exact) mass is 739 g/mol. The molecule has 1 amide bonds. The van der Waals surface area contributed by atoms with Crippen LogP contribution in [-0.4, -0.2) is 76.6 Å². The van der Waals surface area contributed by atoms with Crippen LogP contribution in [0.2, 0.25) is 0 Å². The zero-order chi connectivity index (χ0) is 38.1. The van der Waals surface area contributed by atoms with Gasteiger partial charge in [-0.1, -0.05) is 95.4 Å². The van der Waals surface area contributed by atoms with E-state index in [1.807, 2.05) is 24.0 Å². The number of aliphatic hydroxyl groups excluding tert-OH is 2. The van der Waals surface area contributed by atoms with Crippen LogP contribution in [0.25, 0.3) is 0 Å². The Morgan fingerprint density at radius 3 is 2.32 bits per heavy atom. The summed E-state index contributed by atoms with van der Waals surface area (Å²) in [7, 11) is 0. The van der Waals surface area contributed by atoms with Crippen molar-refractivity contribution in [3.05, 3.63) is 48.1 Å². The van der Waals surface area contributed by atoms with Crippen LogP contribution in [0.5, 0.6) is 11.5 Å². The summed E-state index contributed by atoms with van der Waals surface area (Å²) in [5.41, 5.74) is 2.77. The Kier molecular flexibility index (Phi) is 18.2. The number of benzene rings is 1. The van der Waals surface area contributed by atoms with Crippen molar-refractivity contribution in [1.29, 1.82) is 0 Å². The summed E-state index contributed by atoms with van der Waals surface area (Å²) in [5.74, 6) is -0.476. The Balaban J connectivity index is 1.80. The average Bonchev–Trinajstić information content (AvgIpc) is 3.16. The molecule has 9 nitrogen and oxygen atoms in total. The van der Waals surface area contributed by atoms with Gasteiger partial charge in [-0.2, -0.15) is 0 Å². The molecule has 3 aliphatic rings. The van der Waals surface area contributed by atoms with Gasteiger partial charge in [0, 0.05) is 44.1 Å². The number of fused-ring (bicyclic) bond motifs is 2. The number of hydrogen-bond donors (Lipinski definition) is 3. The zero-order valence-corrected chi connectivity index (χ0v) is 33.1. The van der Waals surface area contributed by atoms with Crippen molar-refractivity contribution in [2.75, 3.05) is 33.0 Å². The molecule has 1 aromatic carbocycles. The van der Waals surface area contributed by atoms with Crippen molar-refractivity contribution >= 4 is 11.6 Å². The Bertz CT molecular complexity index is 1330. The minimum atomic E-state index is -1.24. The highest BCUT2D eigenvalue weighted by Crippen LogP contribution is 2.61. The second kappa shape index (κ2) is 22.5. The first-order valence-corrected chi connectivity index (χ1v) is 21.1. The van der Waals surface area contributed by atoms with Crippen LogP contribution in [0.4, 0.5) is 0 Å². The molecule has 6 unspecified atom stereocenters. The summed E-state index contributed by atoms with van der Waals surface area (Å²) in [4.78, 5) is 22.3. The number of hydrogen-bond acceptors (Lipinski definition) is 8. The number of phenols is 1. The molecule has 6 atom stereocenters. The Hall–Kier alpha value is -2.88. The van der Waals surface area contributed by atoms with Crippen LogP contribution >= 0.6 is 0 Å². The molecule has 1 heterocycles. The third-order valence-electron chi connectivity index (χ3n) is 11.6. The van der Waals surface area contributed by atoms with Crippen molar-refractivity contribution in [2.24, 2.45) is 22.9 Å². The predicted molar refractivity (Wildman–Crippen MR) is 212 cm³/mol. The van der Waals surface area contributed by atoms with E-state index in [4.69, 9.17) is 19.5 Å². The quantitative estimate of drug-likeness (QED) is 0.0492. The van der Waals surface area contributed by atoms with Gasteiger partial charge in [0.25, 0.3) is 0 Å². The van der Waals surface area contributed by atoms with Crippen molar-refractivity contribution in [3.63, 3.8) is 0 Å². The minimum absolute atomic E-state index is 0.110. The first-order valence-electron chi connectivity index (χ1n) is 21.1. The highest BCUT2D eigenvalue weighted by Gasteiger charge is 2.65. The maximum absolute atomic E-state index is 14.5. The lowest BCUT2D eigenvalue weighted by molar-refractivity contribution is -0.257.